The van der Waals surface area contributed by atoms with E-state index in [0.717, 1.165) is 24.4 Å². The van der Waals surface area contributed by atoms with Gasteiger partial charge >= 0.3 is 5.97 Å². The number of amides is 1. The number of rotatable bonds is 10. The molecule has 8 heteroatoms. The number of carboxylic acid groups (broad SMARTS) is 1. The number of nitrogens with zero attached hydrogens (tertiary/aromatic N) is 1. The van der Waals surface area contributed by atoms with Gasteiger partial charge in [0.1, 0.15) is 11.9 Å². The molecule has 4 atom stereocenters. The summed E-state index contributed by atoms with van der Waals surface area (Å²) in [5.41, 5.74) is 2.27. The van der Waals surface area contributed by atoms with Crippen LogP contribution in [0.1, 0.15) is 32.0 Å². The summed E-state index contributed by atoms with van der Waals surface area (Å²) in [5.74, 6) is 0.334. The molecular formula is C22H30N4O3S. The first-order chi connectivity index (χ1) is 14.5. The van der Waals surface area contributed by atoms with Gasteiger partial charge in [-0.05, 0) is 50.0 Å². The maximum Gasteiger partial charge on any atom is 0.326 e. The van der Waals surface area contributed by atoms with E-state index < -0.39 is 12.0 Å². The van der Waals surface area contributed by atoms with Crippen LogP contribution in [0, 0.1) is 17.8 Å². The monoisotopic (exact) mass is 430 g/mol. The maximum atomic E-state index is 13.2. The van der Waals surface area contributed by atoms with Crippen LogP contribution in [0.2, 0.25) is 0 Å². The number of thioether (sulfide) groups is 1. The van der Waals surface area contributed by atoms with E-state index in [1.54, 1.807) is 24.2 Å². The van der Waals surface area contributed by atoms with E-state index in [0.29, 0.717) is 18.7 Å². The molecule has 0 bridgehead atoms. The summed E-state index contributed by atoms with van der Waals surface area (Å²) in [4.78, 5) is 32.1. The summed E-state index contributed by atoms with van der Waals surface area (Å²) < 4.78 is 0. The number of hydrogen-bond donors (Lipinski definition) is 4. The Hall–Kier alpha value is -2.48. The van der Waals surface area contributed by atoms with Gasteiger partial charge in [-0.15, -0.1) is 0 Å². The Kier molecular flexibility index (Phi) is 7.79. The third-order valence-electron chi connectivity index (χ3n) is 5.85. The number of aliphatic carboxylic acids is 1. The molecular weight excluding hydrogens is 400 g/mol. The van der Waals surface area contributed by atoms with Crippen LogP contribution in [0.15, 0.2) is 48.0 Å². The van der Waals surface area contributed by atoms with Crippen LogP contribution in [-0.4, -0.2) is 45.0 Å². The predicted molar refractivity (Wildman–Crippen MR) is 119 cm³/mol. The van der Waals surface area contributed by atoms with Crippen LogP contribution in [0.25, 0.3) is 0 Å². The van der Waals surface area contributed by atoms with Crippen molar-refractivity contribution >= 4 is 23.6 Å². The molecule has 1 heterocycles. The molecule has 2 aliphatic rings. The summed E-state index contributed by atoms with van der Waals surface area (Å²) in [5, 5.41) is 15.7. The van der Waals surface area contributed by atoms with Crippen molar-refractivity contribution < 1.29 is 14.7 Å². The largest absolute Gasteiger partial charge is 0.480 e. The Morgan fingerprint density at radius 2 is 2.27 bits per heavy atom. The van der Waals surface area contributed by atoms with Gasteiger partial charge in [0.2, 0.25) is 5.91 Å². The highest BCUT2D eigenvalue weighted by molar-refractivity contribution is 7.98. The molecule has 0 saturated carbocycles. The average molecular weight is 431 g/mol. The number of carboxylic acids is 1. The number of hydrogen-bond acceptors (Lipinski definition) is 5. The van der Waals surface area contributed by atoms with Crippen molar-refractivity contribution in [3.05, 3.63) is 53.8 Å². The fourth-order valence-corrected chi connectivity index (χ4v) is 4.67. The Labute approximate surface area is 181 Å². The van der Waals surface area contributed by atoms with Gasteiger partial charge in [0.05, 0.1) is 12.5 Å². The molecule has 30 heavy (non-hydrogen) atoms. The number of nitrogens with one attached hydrogen (secondary N) is 3. The summed E-state index contributed by atoms with van der Waals surface area (Å²) in [7, 11) is 0. The first kappa shape index (κ1) is 22.2. The second-order valence-electron chi connectivity index (χ2n) is 7.84. The molecule has 0 aliphatic heterocycles. The van der Waals surface area contributed by atoms with Crippen LogP contribution in [-0.2, 0) is 16.1 Å². The van der Waals surface area contributed by atoms with E-state index in [-0.39, 0.29) is 23.7 Å². The topological polar surface area (TPSA) is 107 Å². The van der Waals surface area contributed by atoms with Gasteiger partial charge in [-0.1, -0.05) is 29.9 Å². The van der Waals surface area contributed by atoms with E-state index in [9.17, 15) is 14.7 Å². The second kappa shape index (κ2) is 10.5. The minimum atomic E-state index is -0.983. The fourth-order valence-electron chi connectivity index (χ4n) is 4.20. The normalized spacial score (nSPS) is 24.1. The molecule has 0 fully saturated rings. The summed E-state index contributed by atoms with van der Waals surface area (Å²) >= 11 is 1.58. The standard InChI is InChI=1S/C22H30N4O3S/c1-14-5-3-4-6-16(14)17-11-15(25-13-20-23-8-9-24-20)12-18(17)21(27)26-19(22(28)29)7-10-30-2/h3-5,8-9,12,16-19,25H,6-7,10-11,13H2,1-2H3,(H,23,24)(H,26,27)(H,28,29)/t16?,17?,18?,19-/m0/s1. The van der Waals surface area contributed by atoms with Crippen molar-refractivity contribution in [1.82, 2.24) is 20.6 Å². The van der Waals surface area contributed by atoms with Gasteiger partial charge in [0.25, 0.3) is 0 Å². The zero-order valence-corrected chi connectivity index (χ0v) is 18.2. The van der Waals surface area contributed by atoms with Crippen LogP contribution < -0.4 is 10.6 Å². The van der Waals surface area contributed by atoms with Crippen molar-refractivity contribution in [2.24, 2.45) is 17.8 Å². The van der Waals surface area contributed by atoms with Crippen LogP contribution in [0.4, 0.5) is 0 Å². The number of allylic oxidation sites excluding steroid dienone is 5. The molecule has 2 aliphatic carbocycles. The molecule has 3 rings (SSSR count). The molecule has 3 unspecified atom stereocenters. The van der Waals surface area contributed by atoms with Crippen LogP contribution >= 0.6 is 11.8 Å². The van der Waals surface area contributed by atoms with Gasteiger partial charge in [-0.3, -0.25) is 4.79 Å². The highest BCUT2D eigenvalue weighted by atomic mass is 32.2. The molecule has 162 valence electrons. The molecule has 1 aromatic rings. The van der Waals surface area contributed by atoms with E-state index >= 15 is 0 Å². The van der Waals surface area contributed by atoms with Gasteiger partial charge in [-0.25, -0.2) is 9.78 Å². The minimum absolute atomic E-state index is 0.0975. The summed E-state index contributed by atoms with van der Waals surface area (Å²) in [6.45, 7) is 2.67. The highest BCUT2D eigenvalue weighted by Gasteiger charge is 2.39. The number of imidazole rings is 1. The number of carbonyl (C=O) groups is 2. The second-order valence-corrected chi connectivity index (χ2v) is 8.82. The zero-order valence-electron chi connectivity index (χ0n) is 17.4. The van der Waals surface area contributed by atoms with E-state index in [2.05, 4.69) is 45.8 Å². The molecule has 1 aromatic heterocycles. The fraction of sp³-hybridized carbons (Fsp3) is 0.500. The van der Waals surface area contributed by atoms with Crippen molar-refractivity contribution in [3.8, 4) is 0 Å². The van der Waals surface area contributed by atoms with E-state index in [1.165, 1.54) is 5.57 Å². The Bertz CT molecular complexity index is 831. The Morgan fingerprint density at radius 3 is 2.93 bits per heavy atom. The molecule has 0 saturated heterocycles. The minimum Gasteiger partial charge on any atom is -0.480 e. The Morgan fingerprint density at radius 1 is 1.43 bits per heavy atom. The molecule has 0 spiro atoms. The molecule has 1 amide bonds. The number of H-pyrrole nitrogens is 1. The summed E-state index contributed by atoms with van der Waals surface area (Å²) in [6.07, 6.45) is 15.8. The molecule has 0 radical (unpaired) electrons. The lowest BCUT2D eigenvalue weighted by atomic mass is 9.75. The first-order valence-corrected chi connectivity index (χ1v) is 11.7. The quantitative estimate of drug-likeness (QED) is 0.455. The van der Waals surface area contributed by atoms with Crippen molar-refractivity contribution in [3.63, 3.8) is 0 Å². The van der Waals surface area contributed by atoms with Crippen molar-refractivity contribution in [2.75, 3.05) is 12.0 Å². The van der Waals surface area contributed by atoms with Gasteiger partial charge < -0.3 is 20.7 Å². The lowest BCUT2D eigenvalue weighted by molar-refractivity contribution is -0.142. The highest BCUT2D eigenvalue weighted by Crippen LogP contribution is 2.41. The lowest BCUT2D eigenvalue weighted by Crippen LogP contribution is -2.45. The number of aromatic nitrogens is 2. The predicted octanol–water partition coefficient (Wildman–Crippen LogP) is 2.86. The SMILES string of the molecule is CSCC[C@H](NC(=O)C1C=C(NCc2ncc[nH]2)CC1C1CC=CC=C1C)C(=O)O. The van der Waals surface area contributed by atoms with Crippen LogP contribution in [0.5, 0.6) is 0 Å². The third-order valence-corrected chi connectivity index (χ3v) is 6.49. The van der Waals surface area contributed by atoms with E-state index in [1.807, 2.05) is 12.3 Å². The summed E-state index contributed by atoms with van der Waals surface area (Å²) in [6, 6.07) is -0.859. The number of aromatic amines is 1. The van der Waals surface area contributed by atoms with Gasteiger partial charge in [0.15, 0.2) is 0 Å². The van der Waals surface area contributed by atoms with Gasteiger partial charge in [-0.2, -0.15) is 11.8 Å². The van der Waals surface area contributed by atoms with Crippen molar-refractivity contribution in [1.29, 1.82) is 0 Å². The Balaban J connectivity index is 1.74. The van der Waals surface area contributed by atoms with E-state index in [4.69, 9.17) is 0 Å². The smallest absolute Gasteiger partial charge is 0.326 e. The third kappa shape index (κ3) is 5.56. The molecule has 7 nitrogen and oxygen atoms in total. The lowest BCUT2D eigenvalue weighted by Gasteiger charge is -2.30. The molecule has 4 N–H and O–H groups in total. The zero-order chi connectivity index (χ0) is 21.5. The molecule has 0 aromatic carbocycles. The number of carbonyl (C=O) groups excluding carboxylic acids is 1. The average Bonchev–Trinajstić information content (AvgIpc) is 3.39. The first-order valence-electron chi connectivity index (χ1n) is 10.3. The maximum absolute atomic E-state index is 13.2. The van der Waals surface area contributed by atoms with Crippen molar-refractivity contribution in [2.45, 2.75) is 38.8 Å². The van der Waals surface area contributed by atoms with Crippen LogP contribution in [0.3, 0.4) is 0 Å². The van der Waals surface area contributed by atoms with Gasteiger partial charge in [0, 0.05) is 18.1 Å².